The van der Waals surface area contributed by atoms with E-state index in [9.17, 15) is 14.4 Å². The van der Waals surface area contributed by atoms with E-state index >= 15 is 0 Å². The van der Waals surface area contributed by atoms with Crippen molar-refractivity contribution in [1.29, 1.82) is 0 Å². The number of nitrogens with zero attached hydrogens (tertiary/aromatic N) is 1. The molecule has 1 aromatic rings. The minimum absolute atomic E-state index is 0.0748. The van der Waals surface area contributed by atoms with Crippen LogP contribution in [0.3, 0.4) is 0 Å². The first-order valence-electron chi connectivity index (χ1n) is 7.73. The Labute approximate surface area is 135 Å². The van der Waals surface area contributed by atoms with Crippen LogP contribution in [0.4, 0.5) is 5.69 Å². The SMILES string of the molecule is CC(C)(CCNC(=O)c1cccc(N2CCCC2=O)c1)C(=O)O. The molecule has 23 heavy (non-hydrogen) atoms. The fourth-order valence-electron chi connectivity index (χ4n) is 2.43. The number of anilines is 1. The molecule has 0 unspecified atom stereocenters. The van der Waals surface area contributed by atoms with Crippen molar-refractivity contribution >= 4 is 23.5 Å². The van der Waals surface area contributed by atoms with Crippen LogP contribution in [0, 0.1) is 5.41 Å². The fourth-order valence-corrected chi connectivity index (χ4v) is 2.43. The van der Waals surface area contributed by atoms with Crippen molar-refractivity contribution < 1.29 is 19.5 Å². The predicted molar refractivity (Wildman–Crippen MR) is 86.4 cm³/mol. The lowest BCUT2D eigenvalue weighted by Gasteiger charge is -2.19. The van der Waals surface area contributed by atoms with Crippen molar-refractivity contribution in [2.75, 3.05) is 18.0 Å². The molecule has 1 saturated heterocycles. The van der Waals surface area contributed by atoms with Gasteiger partial charge in [0, 0.05) is 30.8 Å². The molecule has 0 atom stereocenters. The molecule has 6 nitrogen and oxygen atoms in total. The van der Waals surface area contributed by atoms with Crippen molar-refractivity contribution in [3.63, 3.8) is 0 Å². The summed E-state index contributed by atoms with van der Waals surface area (Å²) in [5.74, 6) is -1.08. The highest BCUT2D eigenvalue weighted by atomic mass is 16.4. The van der Waals surface area contributed by atoms with Crippen molar-refractivity contribution in [2.24, 2.45) is 5.41 Å². The van der Waals surface area contributed by atoms with Crippen LogP contribution in [-0.4, -0.2) is 36.0 Å². The first-order chi connectivity index (χ1) is 10.8. The van der Waals surface area contributed by atoms with Crippen LogP contribution in [-0.2, 0) is 9.59 Å². The van der Waals surface area contributed by atoms with Gasteiger partial charge in [0.25, 0.3) is 5.91 Å². The van der Waals surface area contributed by atoms with Gasteiger partial charge in [-0.05, 0) is 44.9 Å². The quantitative estimate of drug-likeness (QED) is 0.840. The Bertz CT molecular complexity index is 625. The number of hydrogen-bond acceptors (Lipinski definition) is 3. The smallest absolute Gasteiger partial charge is 0.309 e. The van der Waals surface area contributed by atoms with Gasteiger partial charge in [0.05, 0.1) is 5.41 Å². The molecule has 0 aromatic heterocycles. The molecule has 0 radical (unpaired) electrons. The summed E-state index contributed by atoms with van der Waals surface area (Å²) in [5.41, 5.74) is 0.318. The highest BCUT2D eigenvalue weighted by Crippen LogP contribution is 2.22. The van der Waals surface area contributed by atoms with E-state index in [4.69, 9.17) is 5.11 Å². The minimum atomic E-state index is -0.888. The molecule has 6 heteroatoms. The first kappa shape index (κ1) is 17.0. The maximum atomic E-state index is 12.2. The third-order valence-corrected chi connectivity index (χ3v) is 4.11. The molecule has 0 spiro atoms. The van der Waals surface area contributed by atoms with Gasteiger partial charge < -0.3 is 15.3 Å². The zero-order valence-electron chi connectivity index (χ0n) is 13.5. The molecule has 1 heterocycles. The third-order valence-electron chi connectivity index (χ3n) is 4.11. The number of benzene rings is 1. The summed E-state index contributed by atoms with van der Waals surface area (Å²) in [6.45, 7) is 4.21. The van der Waals surface area contributed by atoms with Gasteiger partial charge in [0.2, 0.25) is 5.91 Å². The molecule has 0 saturated carbocycles. The number of aliphatic carboxylic acids is 1. The van der Waals surface area contributed by atoms with Gasteiger partial charge in [-0.25, -0.2) is 0 Å². The van der Waals surface area contributed by atoms with Crippen LogP contribution < -0.4 is 10.2 Å². The van der Waals surface area contributed by atoms with E-state index in [0.717, 1.165) is 12.1 Å². The molecule has 124 valence electrons. The highest BCUT2D eigenvalue weighted by Gasteiger charge is 2.27. The molecule has 1 fully saturated rings. The van der Waals surface area contributed by atoms with Crippen LogP contribution in [0.5, 0.6) is 0 Å². The summed E-state index contributed by atoms with van der Waals surface area (Å²) >= 11 is 0. The number of carbonyl (C=O) groups is 3. The van der Waals surface area contributed by atoms with E-state index in [1.807, 2.05) is 6.07 Å². The molecule has 1 aromatic carbocycles. The minimum Gasteiger partial charge on any atom is -0.481 e. The third kappa shape index (κ3) is 4.09. The summed E-state index contributed by atoms with van der Waals surface area (Å²) in [6, 6.07) is 6.94. The van der Waals surface area contributed by atoms with Gasteiger partial charge in [0.15, 0.2) is 0 Å². The van der Waals surface area contributed by atoms with E-state index in [1.165, 1.54) is 0 Å². The van der Waals surface area contributed by atoms with Crippen molar-refractivity contribution in [3.05, 3.63) is 29.8 Å². The van der Waals surface area contributed by atoms with E-state index in [1.54, 1.807) is 36.9 Å². The number of carboxylic acid groups (broad SMARTS) is 1. The maximum Gasteiger partial charge on any atom is 0.309 e. The van der Waals surface area contributed by atoms with Gasteiger partial charge in [-0.15, -0.1) is 0 Å². The molecular formula is C17H22N2O4. The summed E-state index contributed by atoms with van der Waals surface area (Å²) < 4.78 is 0. The Kier molecular flexibility index (Phi) is 5.03. The first-order valence-corrected chi connectivity index (χ1v) is 7.73. The summed E-state index contributed by atoms with van der Waals surface area (Å²) in [7, 11) is 0. The lowest BCUT2D eigenvalue weighted by molar-refractivity contribution is -0.147. The average Bonchev–Trinajstić information content (AvgIpc) is 2.93. The second-order valence-corrected chi connectivity index (χ2v) is 6.39. The number of hydrogen-bond donors (Lipinski definition) is 2. The standard InChI is InChI=1S/C17H22N2O4/c1-17(2,16(22)23)8-9-18-15(21)12-5-3-6-13(11-12)19-10-4-7-14(19)20/h3,5-6,11H,4,7-10H2,1-2H3,(H,18,21)(H,22,23). The second-order valence-electron chi connectivity index (χ2n) is 6.39. The number of nitrogens with one attached hydrogen (secondary N) is 1. The monoisotopic (exact) mass is 318 g/mol. The normalized spacial score (nSPS) is 14.9. The molecule has 2 rings (SSSR count). The topological polar surface area (TPSA) is 86.7 Å². The van der Waals surface area contributed by atoms with E-state index in [0.29, 0.717) is 24.9 Å². The lowest BCUT2D eigenvalue weighted by atomic mass is 9.90. The van der Waals surface area contributed by atoms with Gasteiger partial charge in [0.1, 0.15) is 0 Å². The van der Waals surface area contributed by atoms with Gasteiger partial charge in [-0.3, -0.25) is 14.4 Å². The molecule has 2 N–H and O–H groups in total. The highest BCUT2D eigenvalue weighted by molar-refractivity contribution is 5.99. The summed E-state index contributed by atoms with van der Waals surface area (Å²) in [6.07, 6.45) is 1.72. The van der Waals surface area contributed by atoms with Crippen molar-refractivity contribution in [1.82, 2.24) is 5.32 Å². The Morgan fingerprint density at radius 3 is 2.70 bits per heavy atom. The summed E-state index contributed by atoms with van der Waals surface area (Å²) in [5, 5.41) is 11.8. The van der Waals surface area contributed by atoms with Crippen LogP contribution in [0.1, 0.15) is 43.5 Å². The molecule has 1 aliphatic rings. The second kappa shape index (κ2) is 6.81. The van der Waals surface area contributed by atoms with E-state index in [-0.39, 0.29) is 18.4 Å². The van der Waals surface area contributed by atoms with Gasteiger partial charge >= 0.3 is 5.97 Å². The van der Waals surface area contributed by atoms with Crippen LogP contribution >= 0.6 is 0 Å². The molecule has 0 aliphatic carbocycles. The number of carbonyl (C=O) groups excluding carboxylic acids is 2. The van der Waals surface area contributed by atoms with Crippen LogP contribution in [0.2, 0.25) is 0 Å². The average molecular weight is 318 g/mol. The lowest BCUT2D eigenvalue weighted by Crippen LogP contribution is -2.32. The number of rotatable bonds is 6. The zero-order valence-corrected chi connectivity index (χ0v) is 13.5. The Hall–Kier alpha value is -2.37. The molecule has 2 amide bonds. The largest absolute Gasteiger partial charge is 0.481 e. The number of carboxylic acids is 1. The predicted octanol–water partition coefficient (Wildman–Crippen LogP) is 2.04. The Balaban J connectivity index is 1.97. The van der Waals surface area contributed by atoms with E-state index in [2.05, 4.69) is 5.32 Å². The molecule has 0 bridgehead atoms. The van der Waals surface area contributed by atoms with Crippen molar-refractivity contribution in [3.8, 4) is 0 Å². The van der Waals surface area contributed by atoms with Crippen LogP contribution in [0.25, 0.3) is 0 Å². The van der Waals surface area contributed by atoms with Crippen LogP contribution in [0.15, 0.2) is 24.3 Å². The zero-order chi connectivity index (χ0) is 17.0. The van der Waals surface area contributed by atoms with Gasteiger partial charge in [-0.2, -0.15) is 0 Å². The Morgan fingerprint density at radius 1 is 1.35 bits per heavy atom. The molecular weight excluding hydrogens is 296 g/mol. The van der Waals surface area contributed by atoms with Gasteiger partial charge in [-0.1, -0.05) is 6.07 Å². The fraction of sp³-hybridized carbons (Fsp3) is 0.471. The molecule has 1 aliphatic heterocycles. The van der Waals surface area contributed by atoms with Crippen molar-refractivity contribution in [2.45, 2.75) is 33.1 Å². The Morgan fingerprint density at radius 2 is 2.09 bits per heavy atom. The maximum absolute atomic E-state index is 12.2. The summed E-state index contributed by atoms with van der Waals surface area (Å²) in [4.78, 5) is 36.7. The number of amides is 2. The van der Waals surface area contributed by atoms with E-state index < -0.39 is 11.4 Å².